The summed E-state index contributed by atoms with van der Waals surface area (Å²) in [4.78, 5) is 14.4. The Kier molecular flexibility index (Phi) is 4.80. The Balaban J connectivity index is 1.89. The van der Waals surface area contributed by atoms with Crippen molar-refractivity contribution in [3.63, 3.8) is 0 Å². The highest BCUT2D eigenvalue weighted by atomic mass is 16.5. The van der Waals surface area contributed by atoms with Crippen LogP contribution >= 0.6 is 0 Å². The number of ether oxygens (including phenoxy) is 1. The van der Waals surface area contributed by atoms with E-state index in [4.69, 9.17) is 10.5 Å². The molecule has 0 spiro atoms. The standard InChI is InChI=1S/C13H24N2O2/c14-9-12-10-15(7-8-17-12)13(16)11-5-3-1-2-4-6-11/h11-12H,1-10,14H2. The van der Waals surface area contributed by atoms with Crippen LogP contribution in [0.1, 0.15) is 38.5 Å². The average Bonchev–Trinajstić information content (AvgIpc) is 2.67. The molecule has 0 aromatic heterocycles. The predicted molar refractivity (Wildman–Crippen MR) is 66.6 cm³/mol. The maximum atomic E-state index is 12.4. The molecule has 2 rings (SSSR count). The molecule has 0 aromatic rings. The number of carbonyl (C=O) groups excluding carboxylic acids is 1. The van der Waals surface area contributed by atoms with Gasteiger partial charge in [-0.15, -0.1) is 0 Å². The van der Waals surface area contributed by atoms with E-state index in [9.17, 15) is 4.79 Å². The molecule has 1 atom stereocenters. The molecule has 1 aliphatic carbocycles. The zero-order valence-corrected chi connectivity index (χ0v) is 10.6. The molecule has 0 bridgehead atoms. The van der Waals surface area contributed by atoms with Crippen LogP contribution in [-0.4, -0.2) is 43.2 Å². The summed E-state index contributed by atoms with van der Waals surface area (Å²) in [5, 5.41) is 0. The van der Waals surface area contributed by atoms with E-state index in [1.165, 1.54) is 25.7 Å². The Bertz CT molecular complexity index is 250. The monoisotopic (exact) mass is 240 g/mol. The Morgan fingerprint density at radius 1 is 1.24 bits per heavy atom. The lowest BCUT2D eigenvalue weighted by Gasteiger charge is -2.34. The van der Waals surface area contributed by atoms with Crippen molar-refractivity contribution in [2.24, 2.45) is 11.7 Å². The van der Waals surface area contributed by atoms with E-state index in [0.29, 0.717) is 25.6 Å². The fourth-order valence-corrected chi connectivity index (χ4v) is 2.85. The normalized spacial score (nSPS) is 27.8. The summed E-state index contributed by atoms with van der Waals surface area (Å²) in [7, 11) is 0. The van der Waals surface area contributed by atoms with E-state index in [1.54, 1.807) is 0 Å². The van der Waals surface area contributed by atoms with Gasteiger partial charge in [-0.1, -0.05) is 25.7 Å². The zero-order valence-electron chi connectivity index (χ0n) is 10.6. The molecule has 2 aliphatic rings. The van der Waals surface area contributed by atoms with Crippen LogP contribution in [0.2, 0.25) is 0 Å². The highest BCUT2D eigenvalue weighted by molar-refractivity contribution is 5.79. The van der Waals surface area contributed by atoms with Crippen molar-refractivity contribution in [2.75, 3.05) is 26.2 Å². The van der Waals surface area contributed by atoms with Gasteiger partial charge in [0, 0.05) is 25.6 Å². The lowest BCUT2D eigenvalue weighted by Crippen LogP contribution is -2.49. The maximum Gasteiger partial charge on any atom is 0.225 e. The van der Waals surface area contributed by atoms with Crippen LogP contribution in [0.25, 0.3) is 0 Å². The van der Waals surface area contributed by atoms with Crippen LogP contribution in [0.5, 0.6) is 0 Å². The molecule has 1 saturated heterocycles. The molecular weight excluding hydrogens is 216 g/mol. The summed E-state index contributed by atoms with van der Waals surface area (Å²) in [5.41, 5.74) is 5.61. The van der Waals surface area contributed by atoms with E-state index < -0.39 is 0 Å². The maximum absolute atomic E-state index is 12.4. The third-order valence-corrected chi connectivity index (χ3v) is 3.92. The number of nitrogens with two attached hydrogens (primary N) is 1. The van der Waals surface area contributed by atoms with Crippen molar-refractivity contribution >= 4 is 5.91 Å². The first-order valence-corrected chi connectivity index (χ1v) is 6.91. The first-order valence-electron chi connectivity index (χ1n) is 6.91. The molecule has 1 heterocycles. The topological polar surface area (TPSA) is 55.6 Å². The number of nitrogens with zero attached hydrogens (tertiary/aromatic N) is 1. The fraction of sp³-hybridized carbons (Fsp3) is 0.923. The lowest BCUT2D eigenvalue weighted by atomic mass is 9.98. The van der Waals surface area contributed by atoms with Gasteiger partial charge in [0.2, 0.25) is 5.91 Å². The Hall–Kier alpha value is -0.610. The van der Waals surface area contributed by atoms with Gasteiger partial charge in [-0.05, 0) is 12.8 Å². The summed E-state index contributed by atoms with van der Waals surface area (Å²) < 4.78 is 5.50. The zero-order chi connectivity index (χ0) is 12.1. The molecule has 1 unspecified atom stereocenters. The first-order chi connectivity index (χ1) is 8.31. The first kappa shape index (κ1) is 12.8. The van der Waals surface area contributed by atoms with E-state index in [1.807, 2.05) is 4.90 Å². The number of hydrogen-bond acceptors (Lipinski definition) is 3. The van der Waals surface area contributed by atoms with Gasteiger partial charge in [0.25, 0.3) is 0 Å². The number of rotatable bonds is 2. The van der Waals surface area contributed by atoms with E-state index in [2.05, 4.69) is 0 Å². The van der Waals surface area contributed by atoms with Crippen LogP contribution in [0.4, 0.5) is 0 Å². The smallest absolute Gasteiger partial charge is 0.225 e. The van der Waals surface area contributed by atoms with Gasteiger partial charge in [-0.3, -0.25) is 4.79 Å². The average molecular weight is 240 g/mol. The molecule has 2 N–H and O–H groups in total. The molecule has 98 valence electrons. The summed E-state index contributed by atoms with van der Waals surface area (Å²) in [5.74, 6) is 0.600. The van der Waals surface area contributed by atoms with Crippen LogP contribution in [0, 0.1) is 5.92 Å². The van der Waals surface area contributed by atoms with Gasteiger partial charge in [-0.2, -0.15) is 0 Å². The molecule has 4 heteroatoms. The largest absolute Gasteiger partial charge is 0.373 e. The fourth-order valence-electron chi connectivity index (χ4n) is 2.85. The van der Waals surface area contributed by atoms with Crippen molar-refractivity contribution in [2.45, 2.75) is 44.6 Å². The van der Waals surface area contributed by atoms with Crippen LogP contribution in [0.3, 0.4) is 0 Å². The van der Waals surface area contributed by atoms with Gasteiger partial charge < -0.3 is 15.4 Å². The van der Waals surface area contributed by atoms with E-state index in [0.717, 1.165) is 19.4 Å². The third-order valence-electron chi connectivity index (χ3n) is 3.92. The molecule has 0 radical (unpaired) electrons. The second kappa shape index (κ2) is 6.36. The number of morpholine rings is 1. The summed E-state index contributed by atoms with van der Waals surface area (Å²) >= 11 is 0. The predicted octanol–water partition coefficient (Wildman–Crippen LogP) is 1.14. The number of carbonyl (C=O) groups is 1. The lowest BCUT2D eigenvalue weighted by molar-refractivity contribution is -0.143. The van der Waals surface area contributed by atoms with Crippen molar-refractivity contribution in [1.82, 2.24) is 4.90 Å². The molecule has 1 saturated carbocycles. The molecular formula is C13H24N2O2. The van der Waals surface area contributed by atoms with Gasteiger partial charge >= 0.3 is 0 Å². The van der Waals surface area contributed by atoms with E-state index in [-0.39, 0.29) is 12.0 Å². The summed E-state index contributed by atoms with van der Waals surface area (Å²) in [6, 6.07) is 0. The minimum atomic E-state index is 0.0403. The highest BCUT2D eigenvalue weighted by Gasteiger charge is 2.28. The second-order valence-electron chi connectivity index (χ2n) is 5.20. The quantitative estimate of drug-likeness (QED) is 0.736. The van der Waals surface area contributed by atoms with Crippen LogP contribution in [0.15, 0.2) is 0 Å². The minimum absolute atomic E-state index is 0.0403. The minimum Gasteiger partial charge on any atom is -0.373 e. The van der Waals surface area contributed by atoms with Crippen LogP contribution < -0.4 is 5.73 Å². The van der Waals surface area contributed by atoms with Crippen molar-refractivity contribution in [3.05, 3.63) is 0 Å². The Morgan fingerprint density at radius 3 is 2.59 bits per heavy atom. The second-order valence-corrected chi connectivity index (χ2v) is 5.20. The van der Waals surface area contributed by atoms with Crippen molar-refractivity contribution < 1.29 is 9.53 Å². The Labute approximate surface area is 103 Å². The van der Waals surface area contributed by atoms with Gasteiger partial charge in [0.15, 0.2) is 0 Å². The molecule has 2 fully saturated rings. The molecule has 0 aromatic carbocycles. The highest BCUT2D eigenvalue weighted by Crippen LogP contribution is 2.25. The van der Waals surface area contributed by atoms with Crippen LogP contribution in [-0.2, 0) is 9.53 Å². The molecule has 17 heavy (non-hydrogen) atoms. The van der Waals surface area contributed by atoms with Gasteiger partial charge in [0.1, 0.15) is 0 Å². The van der Waals surface area contributed by atoms with E-state index >= 15 is 0 Å². The Morgan fingerprint density at radius 2 is 1.94 bits per heavy atom. The third kappa shape index (κ3) is 3.42. The summed E-state index contributed by atoms with van der Waals surface area (Å²) in [6.07, 6.45) is 7.18. The molecule has 4 nitrogen and oxygen atoms in total. The van der Waals surface area contributed by atoms with Crippen molar-refractivity contribution in [1.29, 1.82) is 0 Å². The number of hydrogen-bond donors (Lipinski definition) is 1. The molecule has 1 amide bonds. The SMILES string of the molecule is NCC1CN(C(=O)C2CCCCCC2)CCO1. The molecule has 1 aliphatic heterocycles. The van der Waals surface area contributed by atoms with Gasteiger partial charge in [-0.25, -0.2) is 0 Å². The number of amides is 1. The summed E-state index contributed by atoms with van der Waals surface area (Å²) in [6.45, 7) is 2.58. The van der Waals surface area contributed by atoms with Gasteiger partial charge in [0.05, 0.1) is 12.7 Å². The van der Waals surface area contributed by atoms with Crippen molar-refractivity contribution in [3.8, 4) is 0 Å².